The minimum Gasteiger partial charge on any atom is -0.497 e. The van der Waals surface area contributed by atoms with Crippen molar-refractivity contribution in [3.63, 3.8) is 0 Å². The lowest BCUT2D eigenvalue weighted by atomic mass is 10.0. The van der Waals surface area contributed by atoms with Crippen LogP contribution in [0.3, 0.4) is 0 Å². The van der Waals surface area contributed by atoms with E-state index in [-0.39, 0.29) is 6.61 Å². The van der Waals surface area contributed by atoms with Crippen molar-refractivity contribution in [2.24, 2.45) is 0 Å². The smallest absolute Gasteiger partial charge is 0.330 e. The third-order valence-electron chi connectivity index (χ3n) is 4.39. The van der Waals surface area contributed by atoms with E-state index in [0.717, 1.165) is 22.6 Å². The maximum absolute atomic E-state index is 11.8. The molecule has 3 aromatic carbocycles. The molecular formula is C23H20O5. The predicted octanol–water partition coefficient (Wildman–Crippen LogP) is 4.30. The van der Waals surface area contributed by atoms with E-state index in [1.54, 1.807) is 25.3 Å². The molecule has 5 nitrogen and oxygen atoms in total. The van der Waals surface area contributed by atoms with Gasteiger partial charge in [0.1, 0.15) is 18.1 Å². The average molecular weight is 376 g/mol. The fraction of sp³-hybridized carbons (Fsp3) is 0.130. The van der Waals surface area contributed by atoms with Crippen molar-refractivity contribution in [3.8, 4) is 11.5 Å². The standard InChI is InChI=1S/C23H20O5/c1-26-19-10-7-16(8-11-19)18(13-23(25)27-2)15-28-22-12-9-17-5-3-4-6-20(17)21(22)14-24/h3-14H,15H2,1-2H3/b18-13-. The second-order valence-corrected chi connectivity index (χ2v) is 6.03. The zero-order valence-corrected chi connectivity index (χ0v) is 15.7. The number of benzene rings is 3. The van der Waals surface area contributed by atoms with Crippen molar-refractivity contribution in [2.45, 2.75) is 0 Å². The van der Waals surface area contributed by atoms with Crippen LogP contribution in [0.2, 0.25) is 0 Å². The molecule has 0 bridgehead atoms. The fourth-order valence-corrected chi connectivity index (χ4v) is 2.89. The third kappa shape index (κ3) is 4.20. The topological polar surface area (TPSA) is 61.8 Å². The molecule has 0 aliphatic rings. The molecule has 0 spiro atoms. The van der Waals surface area contributed by atoms with Crippen LogP contribution in [0.5, 0.6) is 11.5 Å². The number of ether oxygens (including phenoxy) is 3. The van der Waals surface area contributed by atoms with Gasteiger partial charge in [0.15, 0.2) is 6.29 Å². The molecule has 0 unspecified atom stereocenters. The zero-order chi connectivity index (χ0) is 19.9. The summed E-state index contributed by atoms with van der Waals surface area (Å²) in [6.45, 7) is 0.0978. The first kappa shape index (κ1) is 19.2. The maximum atomic E-state index is 11.8. The van der Waals surface area contributed by atoms with E-state index in [0.29, 0.717) is 22.6 Å². The third-order valence-corrected chi connectivity index (χ3v) is 4.39. The molecule has 0 aliphatic carbocycles. The molecule has 5 heteroatoms. The van der Waals surface area contributed by atoms with Crippen molar-refractivity contribution in [1.82, 2.24) is 0 Å². The highest BCUT2D eigenvalue weighted by molar-refractivity contribution is 6.01. The number of hydrogen-bond donors (Lipinski definition) is 0. The highest BCUT2D eigenvalue weighted by atomic mass is 16.5. The molecule has 0 aliphatic heterocycles. The van der Waals surface area contributed by atoms with E-state index in [9.17, 15) is 9.59 Å². The Morgan fingerprint density at radius 1 is 0.964 bits per heavy atom. The lowest BCUT2D eigenvalue weighted by molar-refractivity contribution is -0.134. The average Bonchev–Trinajstić information content (AvgIpc) is 2.76. The van der Waals surface area contributed by atoms with Crippen molar-refractivity contribution in [3.05, 3.63) is 77.9 Å². The summed E-state index contributed by atoms with van der Waals surface area (Å²) >= 11 is 0. The summed E-state index contributed by atoms with van der Waals surface area (Å²) in [6.07, 6.45) is 2.16. The van der Waals surface area contributed by atoms with Gasteiger partial charge in [-0.3, -0.25) is 4.79 Å². The number of rotatable bonds is 7. The molecule has 3 rings (SSSR count). The summed E-state index contributed by atoms with van der Waals surface area (Å²) in [4.78, 5) is 23.5. The SMILES string of the molecule is COC(=O)/C=C(/COc1ccc2ccccc2c1C=O)c1ccc(OC)cc1. The van der Waals surface area contributed by atoms with Crippen molar-refractivity contribution >= 4 is 28.6 Å². The summed E-state index contributed by atoms with van der Waals surface area (Å²) in [6, 6.07) is 18.5. The van der Waals surface area contributed by atoms with Crippen molar-refractivity contribution in [1.29, 1.82) is 0 Å². The Morgan fingerprint density at radius 2 is 1.71 bits per heavy atom. The fourth-order valence-electron chi connectivity index (χ4n) is 2.89. The summed E-state index contributed by atoms with van der Waals surface area (Å²) < 4.78 is 15.8. The van der Waals surface area contributed by atoms with Crippen LogP contribution in [0.15, 0.2) is 66.7 Å². The normalized spacial score (nSPS) is 11.1. The Kier molecular flexibility index (Phi) is 6.07. The van der Waals surface area contributed by atoms with Crippen LogP contribution in [0.4, 0.5) is 0 Å². The summed E-state index contributed by atoms with van der Waals surface area (Å²) in [5.41, 5.74) is 1.89. The van der Waals surface area contributed by atoms with Gasteiger partial charge in [-0.2, -0.15) is 0 Å². The molecule has 0 amide bonds. The molecule has 0 aromatic heterocycles. The van der Waals surface area contributed by atoms with Crippen molar-refractivity contribution in [2.75, 3.05) is 20.8 Å². The van der Waals surface area contributed by atoms with Gasteiger partial charge in [-0.15, -0.1) is 0 Å². The second-order valence-electron chi connectivity index (χ2n) is 6.03. The molecule has 0 saturated carbocycles. The monoisotopic (exact) mass is 376 g/mol. The number of methoxy groups -OCH3 is 2. The highest BCUT2D eigenvalue weighted by Crippen LogP contribution is 2.28. The van der Waals surface area contributed by atoms with Gasteiger partial charge >= 0.3 is 5.97 Å². The lowest BCUT2D eigenvalue weighted by Crippen LogP contribution is -2.06. The van der Waals surface area contributed by atoms with E-state index in [4.69, 9.17) is 14.2 Å². The highest BCUT2D eigenvalue weighted by Gasteiger charge is 2.11. The van der Waals surface area contributed by atoms with Gasteiger partial charge in [0.2, 0.25) is 0 Å². The molecule has 0 atom stereocenters. The Morgan fingerprint density at radius 3 is 2.39 bits per heavy atom. The number of carbonyl (C=O) groups is 2. The molecule has 0 fully saturated rings. The zero-order valence-electron chi connectivity index (χ0n) is 15.7. The van der Waals surface area contributed by atoms with Crippen LogP contribution in [0.1, 0.15) is 15.9 Å². The summed E-state index contributed by atoms with van der Waals surface area (Å²) in [5.74, 6) is 0.682. The maximum Gasteiger partial charge on any atom is 0.330 e. The number of fused-ring (bicyclic) bond motifs is 1. The second kappa shape index (κ2) is 8.86. The Balaban J connectivity index is 1.91. The lowest BCUT2D eigenvalue weighted by Gasteiger charge is -2.13. The summed E-state index contributed by atoms with van der Waals surface area (Å²) in [7, 11) is 2.91. The molecule has 3 aromatic rings. The van der Waals surface area contributed by atoms with Gasteiger partial charge in [0.05, 0.1) is 19.8 Å². The molecule has 142 valence electrons. The largest absolute Gasteiger partial charge is 0.497 e. The van der Waals surface area contributed by atoms with Crippen LogP contribution in [0.25, 0.3) is 16.3 Å². The summed E-state index contributed by atoms with van der Waals surface area (Å²) in [5, 5.41) is 1.77. The van der Waals surface area contributed by atoms with Gasteiger partial charge in [0, 0.05) is 11.6 Å². The van der Waals surface area contributed by atoms with Crippen LogP contribution in [-0.4, -0.2) is 33.1 Å². The van der Waals surface area contributed by atoms with E-state index in [1.165, 1.54) is 13.2 Å². The van der Waals surface area contributed by atoms with Gasteiger partial charge in [0.25, 0.3) is 0 Å². The minimum absolute atomic E-state index is 0.0978. The van der Waals surface area contributed by atoms with Crippen LogP contribution >= 0.6 is 0 Å². The van der Waals surface area contributed by atoms with E-state index < -0.39 is 5.97 Å². The van der Waals surface area contributed by atoms with E-state index in [2.05, 4.69) is 0 Å². The molecular weight excluding hydrogens is 356 g/mol. The molecule has 0 saturated heterocycles. The number of hydrogen-bond acceptors (Lipinski definition) is 5. The molecule has 28 heavy (non-hydrogen) atoms. The Bertz CT molecular complexity index is 1020. The minimum atomic E-state index is -0.483. The van der Waals surface area contributed by atoms with Gasteiger partial charge in [-0.1, -0.05) is 42.5 Å². The Hall–Kier alpha value is -3.60. The van der Waals surface area contributed by atoms with E-state index in [1.807, 2.05) is 42.5 Å². The molecule has 0 N–H and O–H groups in total. The number of carbonyl (C=O) groups excluding carboxylic acids is 2. The predicted molar refractivity (Wildman–Crippen MR) is 108 cm³/mol. The molecule has 0 heterocycles. The van der Waals surface area contributed by atoms with Crippen molar-refractivity contribution < 1.29 is 23.8 Å². The quantitative estimate of drug-likeness (QED) is 0.350. The number of aldehydes is 1. The first-order valence-corrected chi connectivity index (χ1v) is 8.69. The van der Waals surface area contributed by atoms with E-state index >= 15 is 0 Å². The van der Waals surface area contributed by atoms with Crippen LogP contribution in [-0.2, 0) is 9.53 Å². The first-order chi connectivity index (χ1) is 13.7. The number of esters is 1. The first-order valence-electron chi connectivity index (χ1n) is 8.69. The van der Waals surface area contributed by atoms with Crippen LogP contribution in [0, 0.1) is 0 Å². The van der Waals surface area contributed by atoms with Gasteiger partial charge in [-0.05, 0) is 34.5 Å². The van der Waals surface area contributed by atoms with Crippen LogP contribution < -0.4 is 9.47 Å². The van der Waals surface area contributed by atoms with Gasteiger partial charge in [-0.25, -0.2) is 4.79 Å². The van der Waals surface area contributed by atoms with Gasteiger partial charge < -0.3 is 14.2 Å². The Labute approximate surface area is 163 Å². The molecule has 0 radical (unpaired) electrons.